The van der Waals surface area contributed by atoms with E-state index < -0.39 is 10.0 Å². The summed E-state index contributed by atoms with van der Waals surface area (Å²) in [7, 11) is -0.596. The second kappa shape index (κ2) is 6.98. The second-order valence-electron chi connectivity index (χ2n) is 6.38. The van der Waals surface area contributed by atoms with Gasteiger partial charge in [-0.05, 0) is 36.6 Å². The summed E-state index contributed by atoms with van der Waals surface area (Å²) in [4.78, 5) is 15.0. The number of carbonyl (C=O) groups is 1. The van der Waals surface area contributed by atoms with Crippen LogP contribution in [0.1, 0.15) is 34.8 Å². The first-order valence-electron chi connectivity index (χ1n) is 8.30. The molecule has 1 fully saturated rings. The lowest BCUT2D eigenvalue weighted by Crippen LogP contribution is -2.31. The van der Waals surface area contributed by atoms with Crippen LogP contribution in [0.5, 0.6) is 0 Å². The van der Waals surface area contributed by atoms with Crippen molar-refractivity contribution in [2.24, 2.45) is 0 Å². The van der Waals surface area contributed by atoms with Crippen molar-refractivity contribution in [2.45, 2.75) is 23.8 Å². The standard InChI is InChI=1S/C19H22N2O3S/c1-20(2)25(23,24)17-11-6-10-16(14-17)19(22)21-13-7-12-18(21)15-8-4-3-5-9-15/h3-6,8-11,14,18H,7,12-13H2,1-2H3/t18-/m0/s1. The number of carbonyl (C=O) groups excluding carboxylic acids is 1. The predicted molar refractivity (Wildman–Crippen MR) is 96.8 cm³/mol. The van der Waals surface area contributed by atoms with E-state index in [1.165, 1.54) is 26.2 Å². The van der Waals surface area contributed by atoms with Crippen molar-refractivity contribution in [3.8, 4) is 0 Å². The molecule has 0 saturated carbocycles. The molecule has 1 amide bonds. The summed E-state index contributed by atoms with van der Waals surface area (Å²) in [5.74, 6) is -0.123. The van der Waals surface area contributed by atoms with Crippen LogP contribution in [0.15, 0.2) is 59.5 Å². The Labute approximate surface area is 148 Å². The molecule has 2 aromatic carbocycles. The highest BCUT2D eigenvalue weighted by Gasteiger charge is 2.31. The van der Waals surface area contributed by atoms with Crippen molar-refractivity contribution in [1.82, 2.24) is 9.21 Å². The molecule has 6 heteroatoms. The number of amides is 1. The van der Waals surface area contributed by atoms with Gasteiger partial charge in [-0.15, -0.1) is 0 Å². The van der Waals surface area contributed by atoms with Crippen LogP contribution in [0.2, 0.25) is 0 Å². The number of rotatable bonds is 4. The highest BCUT2D eigenvalue weighted by molar-refractivity contribution is 7.89. The fourth-order valence-corrected chi connectivity index (χ4v) is 4.15. The third-order valence-electron chi connectivity index (χ3n) is 4.56. The van der Waals surface area contributed by atoms with Crippen molar-refractivity contribution in [3.63, 3.8) is 0 Å². The van der Waals surface area contributed by atoms with E-state index in [0.29, 0.717) is 12.1 Å². The van der Waals surface area contributed by atoms with Gasteiger partial charge in [-0.2, -0.15) is 0 Å². The lowest BCUT2D eigenvalue weighted by Gasteiger charge is -2.25. The summed E-state index contributed by atoms with van der Waals surface area (Å²) in [5, 5.41) is 0. The first kappa shape index (κ1) is 17.6. The summed E-state index contributed by atoms with van der Waals surface area (Å²) in [6, 6.07) is 16.3. The molecule has 25 heavy (non-hydrogen) atoms. The van der Waals surface area contributed by atoms with Gasteiger partial charge in [-0.25, -0.2) is 12.7 Å². The molecule has 0 aliphatic carbocycles. The molecule has 1 aliphatic heterocycles. The molecule has 5 nitrogen and oxygen atoms in total. The number of sulfonamides is 1. The number of hydrogen-bond acceptors (Lipinski definition) is 3. The normalized spacial score (nSPS) is 17.9. The van der Waals surface area contributed by atoms with Crippen LogP contribution in [-0.4, -0.2) is 44.2 Å². The van der Waals surface area contributed by atoms with Crippen molar-refractivity contribution >= 4 is 15.9 Å². The van der Waals surface area contributed by atoms with Crippen LogP contribution in [0.4, 0.5) is 0 Å². The van der Waals surface area contributed by atoms with Crippen LogP contribution >= 0.6 is 0 Å². The van der Waals surface area contributed by atoms with Crippen LogP contribution in [0.3, 0.4) is 0 Å². The molecule has 2 aromatic rings. The van der Waals surface area contributed by atoms with Gasteiger partial charge in [0.1, 0.15) is 0 Å². The fraction of sp³-hybridized carbons (Fsp3) is 0.316. The number of benzene rings is 2. The Bertz CT molecular complexity index is 863. The molecule has 0 unspecified atom stereocenters. The van der Waals surface area contributed by atoms with Crippen molar-refractivity contribution < 1.29 is 13.2 Å². The van der Waals surface area contributed by atoms with Gasteiger partial charge in [-0.1, -0.05) is 36.4 Å². The zero-order valence-electron chi connectivity index (χ0n) is 14.4. The van der Waals surface area contributed by atoms with Gasteiger partial charge < -0.3 is 4.90 Å². The molecule has 1 saturated heterocycles. The molecule has 0 spiro atoms. The third kappa shape index (κ3) is 3.45. The average molecular weight is 358 g/mol. The second-order valence-corrected chi connectivity index (χ2v) is 8.53. The zero-order chi connectivity index (χ0) is 18.0. The molecular formula is C19H22N2O3S. The average Bonchev–Trinajstić information content (AvgIpc) is 3.11. The Hall–Kier alpha value is -2.18. The summed E-state index contributed by atoms with van der Waals surface area (Å²) >= 11 is 0. The summed E-state index contributed by atoms with van der Waals surface area (Å²) in [5.41, 5.74) is 1.52. The van der Waals surface area contributed by atoms with E-state index in [-0.39, 0.29) is 16.8 Å². The molecule has 132 valence electrons. The SMILES string of the molecule is CN(C)S(=O)(=O)c1cccc(C(=O)N2CCC[C@H]2c2ccccc2)c1. The quantitative estimate of drug-likeness (QED) is 0.844. The van der Waals surface area contributed by atoms with Gasteiger partial charge in [0, 0.05) is 26.2 Å². The molecule has 1 heterocycles. The van der Waals surface area contributed by atoms with Crippen LogP contribution in [0.25, 0.3) is 0 Å². The van der Waals surface area contributed by atoms with Crippen molar-refractivity contribution in [3.05, 3.63) is 65.7 Å². The van der Waals surface area contributed by atoms with E-state index in [1.54, 1.807) is 12.1 Å². The largest absolute Gasteiger partial charge is 0.332 e. The minimum Gasteiger partial charge on any atom is -0.332 e. The Morgan fingerprint density at radius 3 is 2.48 bits per heavy atom. The van der Waals surface area contributed by atoms with Gasteiger partial charge in [0.25, 0.3) is 5.91 Å². The van der Waals surface area contributed by atoms with Gasteiger partial charge in [-0.3, -0.25) is 4.79 Å². The number of likely N-dealkylation sites (tertiary alicyclic amines) is 1. The fourth-order valence-electron chi connectivity index (χ4n) is 3.20. The van der Waals surface area contributed by atoms with E-state index in [1.807, 2.05) is 35.2 Å². The summed E-state index contributed by atoms with van der Waals surface area (Å²) < 4.78 is 25.8. The first-order valence-corrected chi connectivity index (χ1v) is 9.74. The maximum absolute atomic E-state index is 13.0. The molecule has 0 aromatic heterocycles. The molecule has 0 N–H and O–H groups in total. The molecule has 1 aliphatic rings. The zero-order valence-corrected chi connectivity index (χ0v) is 15.2. The number of hydrogen-bond donors (Lipinski definition) is 0. The smallest absolute Gasteiger partial charge is 0.254 e. The maximum Gasteiger partial charge on any atom is 0.254 e. The number of nitrogens with zero attached hydrogens (tertiary/aromatic N) is 2. The van der Waals surface area contributed by atoms with Gasteiger partial charge >= 0.3 is 0 Å². The minimum absolute atomic E-state index is 0.0443. The van der Waals surface area contributed by atoms with Crippen molar-refractivity contribution in [1.29, 1.82) is 0 Å². The maximum atomic E-state index is 13.0. The van der Waals surface area contributed by atoms with E-state index in [0.717, 1.165) is 22.7 Å². The Kier molecular flexibility index (Phi) is 4.92. The lowest BCUT2D eigenvalue weighted by molar-refractivity contribution is 0.0735. The van der Waals surface area contributed by atoms with E-state index in [4.69, 9.17) is 0 Å². The molecule has 0 radical (unpaired) electrons. The summed E-state index contributed by atoms with van der Waals surface area (Å²) in [6.07, 6.45) is 1.87. The van der Waals surface area contributed by atoms with E-state index in [9.17, 15) is 13.2 Å². The first-order chi connectivity index (χ1) is 11.9. The predicted octanol–water partition coefficient (Wildman–Crippen LogP) is 2.91. The highest BCUT2D eigenvalue weighted by atomic mass is 32.2. The van der Waals surface area contributed by atoms with Gasteiger partial charge in [0.05, 0.1) is 10.9 Å². The Morgan fingerprint density at radius 2 is 1.80 bits per heavy atom. The van der Waals surface area contributed by atoms with Crippen LogP contribution < -0.4 is 0 Å². The topological polar surface area (TPSA) is 57.7 Å². The van der Waals surface area contributed by atoms with Crippen LogP contribution in [0, 0.1) is 0 Å². The molecular weight excluding hydrogens is 336 g/mol. The van der Waals surface area contributed by atoms with Gasteiger partial charge in [0.15, 0.2) is 0 Å². The Balaban J connectivity index is 1.91. The van der Waals surface area contributed by atoms with Crippen molar-refractivity contribution in [2.75, 3.05) is 20.6 Å². The Morgan fingerprint density at radius 1 is 1.08 bits per heavy atom. The van der Waals surface area contributed by atoms with Crippen LogP contribution in [-0.2, 0) is 10.0 Å². The van der Waals surface area contributed by atoms with Gasteiger partial charge in [0.2, 0.25) is 10.0 Å². The summed E-state index contributed by atoms with van der Waals surface area (Å²) in [6.45, 7) is 0.684. The van der Waals surface area contributed by atoms with E-state index in [2.05, 4.69) is 0 Å². The third-order valence-corrected chi connectivity index (χ3v) is 6.37. The monoisotopic (exact) mass is 358 g/mol. The molecule has 3 rings (SSSR count). The molecule has 0 bridgehead atoms. The molecule has 1 atom stereocenters. The van der Waals surface area contributed by atoms with E-state index >= 15 is 0 Å². The minimum atomic E-state index is -3.56. The lowest BCUT2D eigenvalue weighted by atomic mass is 10.0. The highest BCUT2D eigenvalue weighted by Crippen LogP contribution is 2.33.